The van der Waals surface area contributed by atoms with Crippen LogP contribution in [0.25, 0.3) is 5.69 Å². The van der Waals surface area contributed by atoms with Gasteiger partial charge in [-0.15, -0.1) is 0 Å². The van der Waals surface area contributed by atoms with E-state index >= 15 is 0 Å². The molecule has 2 heterocycles. The van der Waals surface area contributed by atoms with Crippen molar-refractivity contribution in [3.8, 4) is 22.9 Å². The van der Waals surface area contributed by atoms with Crippen LogP contribution in [-0.2, 0) is 5.41 Å². The highest BCUT2D eigenvalue weighted by Gasteiger charge is 2.22. The van der Waals surface area contributed by atoms with Crippen LogP contribution in [0, 0.1) is 0 Å². The molecule has 4 rings (SSSR count). The SMILES string of the molecule is CNC(=O)c1cc(Oc2ccc(NC(=O)Nc3cc(C(C)(C)C)nn3-c3cccc(OC)c3)c(Cl)c2)ccn1. The first-order valence-corrected chi connectivity index (χ1v) is 12.4. The molecule has 10 nitrogen and oxygen atoms in total. The van der Waals surface area contributed by atoms with E-state index in [1.165, 1.54) is 19.3 Å². The number of amides is 3. The Labute approximate surface area is 231 Å². The van der Waals surface area contributed by atoms with Crippen LogP contribution < -0.4 is 25.4 Å². The number of benzene rings is 2. The van der Waals surface area contributed by atoms with Gasteiger partial charge in [0.15, 0.2) is 0 Å². The summed E-state index contributed by atoms with van der Waals surface area (Å²) in [5.74, 6) is 1.66. The molecule has 202 valence electrons. The molecular formula is C28H29ClN6O4. The van der Waals surface area contributed by atoms with Gasteiger partial charge < -0.3 is 20.1 Å². The van der Waals surface area contributed by atoms with Crippen molar-refractivity contribution in [3.63, 3.8) is 0 Å². The van der Waals surface area contributed by atoms with Crippen molar-refractivity contribution < 1.29 is 19.1 Å². The molecule has 0 aliphatic carbocycles. The quantitative estimate of drug-likeness (QED) is 0.260. The second kappa shape index (κ2) is 11.4. The lowest BCUT2D eigenvalue weighted by atomic mass is 9.92. The number of nitrogens with one attached hydrogen (secondary N) is 3. The van der Waals surface area contributed by atoms with Crippen LogP contribution in [0.5, 0.6) is 17.2 Å². The second-order valence-corrected chi connectivity index (χ2v) is 9.96. The lowest BCUT2D eigenvalue weighted by Gasteiger charge is -2.14. The highest BCUT2D eigenvalue weighted by molar-refractivity contribution is 6.34. The number of rotatable bonds is 7. The van der Waals surface area contributed by atoms with E-state index in [1.807, 2.05) is 51.1 Å². The molecule has 0 atom stereocenters. The molecular weight excluding hydrogens is 520 g/mol. The molecule has 0 unspecified atom stereocenters. The number of hydrogen-bond acceptors (Lipinski definition) is 6. The normalized spacial score (nSPS) is 11.0. The maximum atomic E-state index is 13.0. The predicted octanol–water partition coefficient (Wildman–Crippen LogP) is 6.02. The van der Waals surface area contributed by atoms with Crippen LogP contribution in [0.4, 0.5) is 16.3 Å². The Morgan fingerprint density at radius 1 is 0.949 bits per heavy atom. The van der Waals surface area contributed by atoms with Crippen molar-refractivity contribution in [2.45, 2.75) is 26.2 Å². The van der Waals surface area contributed by atoms with Gasteiger partial charge in [-0.1, -0.05) is 38.4 Å². The van der Waals surface area contributed by atoms with Gasteiger partial charge in [0.05, 0.1) is 29.2 Å². The average Bonchev–Trinajstić information content (AvgIpc) is 3.34. The first-order valence-electron chi connectivity index (χ1n) is 12.1. The van der Waals surface area contributed by atoms with E-state index in [9.17, 15) is 9.59 Å². The van der Waals surface area contributed by atoms with Gasteiger partial charge in [0.1, 0.15) is 28.8 Å². The van der Waals surface area contributed by atoms with Gasteiger partial charge in [-0.3, -0.25) is 15.1 Å². The first-order chi connectivity index (χ1) is 18.6. The number of carbonyl (C=O) groups excluding carboxylic acids is 2. The molecule has 3 N–H and O–H groups in total. The van der Waals surface area contributed by atoms with Crippen molar-refractivity contribution in [1.82, 2.24) is 20.1 Å². The van der Waals surface area contributed by atoms with Gasteiger partial charge in [0.2, 0.25) is 0 Å². The third kappa shape index (κ3) is 6.66. The minimum atomic E-state index is -0.501. The molecule has 2 aromatic carbocycles. The molecule has 0 spiro atoms. The number of urea groups is 1. The maximum Gasteiger partial charge on any atom is 0.324 e. The van der Waals surface area contributed by atoms with E-state index in [0.717, 1.165) is 11.4 Å². The average molecular weight is 549 g/mol. The fraction of sp³-hybridized carbons (Fsp3) is 0.214. The Morgan fingerprint density at radius 2 is 1.72 bits per heavy atom. The zero-order chi connectivity index (χ0) is 28.2. The largest absolute Gasteiger partial charge is 0.497 e. The number of carbonyl (C=O) groups is 2. The molecule has 0 fully saturated rings. The number of ether oxygens (including phenoxy) is 2. The van der Waals surface area contributed by atoms with Gasteiger partial charge >= 0.3 is 6.03 Å². The summed E-state index contributed by atoms with van der Waals surface area (Å²) >= 11 is 6.44. The van der Waals surface area contributed by atoms with E-state index in [4.69, 9.17) is 26.2 Å². The number of pyridine rings is 1. The van der Waals surface area contributed by atoms with Crippen LogP contribution in [0.15, 0.2) is 66.9 Å². The number of hydrogen-bond donors (Lipinski definition) is 3. The van der Waals surface area contributed by atoms with Crippen LogP contribution >= 0.6 is 11.6 Å². The Morgan fingerprint density at radius 3 is 2.41 bits per heavy atom. The fourth-order valence-corrected chi connectivity index (χ4v) is 3.79. The number of methoxy groups -OCH3 is 1. The van der Waals surface area contributed by atoms with E-state index in [0.29, 0.717) is 28.8 Å². The monoisotopic (exact) mass is 548 g/mol. The second-order valence-electron chi connectivity index (χ2n) is 9.56. The van der Waals surface area contributed by atoms with Crippen LogP contribution in [0.3, 0.4) is 0 Å². The van der Waals surface area contributed by atoms with E-state index in [-0.39, 0.29) is 22.0 Å². The van der Waals surface area contributed by atoms with Gasteiger partial charge in [-0.05, 0) is 30.3 Å². The van der Waals surface area contributed by atoms with Gasteiger partial charge in [-0.25, -0.2) is 9.48 Å². The predicted molar refractivity (Wildman–Crippen MR) is 151 cm³/mol. The summed E-state index contributed by atoms with van der Waals surface area (Å²) in [6.07, 6.45) is 1.48. The summed E-state index contributed by atoms with van der Waals surface area (Å²) in [5.41, 5.74) is 1.89. The molecule has 4 aromatic rings. The lowest BCUT2D eigenvalue weighted by Crippen LogP contribution is -2.21. The zero-order valence-electron chi connectivity index (χ0n) is 22.2. The van der Waals surface area contributed by atoms with E-state index in [1.54, 1.807) is 36.1 Å². The Hall–Kier alpha value is -4.57. The van der Waals surface area contributed by atoms with Crippen molar-refractivity contribution in [3.05, 3.63) is 83.3 Å². The Bertz CT molecular complexity index is 1510. The van der Waals surface area contributed by atoms with Crippen molar-refractivity contribution in [2.24, 2.45) is 0 Å². The van der Waals surface area contributed by atoms with Crippen molar-refractivity contribution in [2.75, 3.05) is 24.8 Å². The van der Waals surface area contributed by atoms with Crippen LogP contribution in [-0.4, -0.2) is 40.9 Å². The fourth-order valence-electron chi connectivity index (χ4n) is 3.57. The zero-order valence-corrected chi connectivity index (χ0v) is 23.0. The van der Waals surface area contributed by atoms with E-state index in [2.05, 4.69) is 20.9 Å². The molecule has 39 heavy (non-hydrogen) atoms. The van der Waals surface area contributed by atoms with Crippen LogP contribution in [0.1, 0.15) is 37.0 Å². The summed E-state index contributed by atoms with van der Waals surface area (Å²) < 4.78 is 12.8. The third-order valence-electron chi connectivity index (χ3n) is 5.63. The summed E-state index contributed by atoms with van der Waals surface area (Å²) in [4.78, 5) is 28.8. The lowest BCUT2D eigenvalue weighted by molar-refractivity contribution is 0.0957. The van der Waals surface area contributed by atoms with Crippen molar-refractivity contribution >= 4 is 35.0 Å². The third-order valence-corrected chi connectivity index (χ3v) is 5.95. The molecule has 11 heteroatoms. The molecule has 3 amide bonds. The topological polar surface area (TPSA) is 119 Å². The molecule has 0 saturated carbocycles. The minimum absolute atomic E-state index is 0.221. The number of halogens is 1. The van der Waals surface area contributed by atoms with Gasteiger partial charge in [-0.2, -0.15) is 5.10 Å². The molecule has 0 aliphatic rings. The maximum absolute atomic E-state index is 13.0. The smallest absolute Gasteiger partial charge is 0.324 e. The highest BCUT2D eigenvalue weighted by Crippen LogP contribution is 2.31. The highest BCUT2D eigenvalue weighted by atomic mass is 35.5. The number of aromatic nitrogens is 3. The Kier molecular flexibility index (Phi) is 8.06. The summed E-state index contributed by atoms with van der Waals surface area (Å²) in [6.45, 7) is 6.14. The number of nitrogens with zero attached hydrogens (tertiary/aromatic N) is 3. The van der Waals surface area contributed by atoms with Crippen LogP contribution in [0.2, 0.25) is 5.02 Å². The summed E-state index contributed by atoms with van der Waals surface area (Å²) in [6, 6.07) is 16.7. The molecule has 0 aliphatic heterocycles. The van der Waals surface area contributed by atoms with Gasteiger partial charge in [0, 0.05) is 42.9 Å². The first kappa shape index (κ1) is 27.5. The van der Waals surface area contributed by atoms with Gasteiger partial charge in [0.25, 0.3) is 5.91 Å². The number of anilines is 2. The van der Waals surface area contributed by atoms with Crippen molar-refractivity contribution in [1.29, 1.82) is 0 Å². The summed E-state index contributed by atoms with van der Waals surface area (Å²) in [5, 5.41) is 13.1. The molecule has 0 radical (unpaired) electrons. The van der Waals surface area contributed by atoms with E-state index < -0.39 is 6.03 Å². The standard InChI is InChI=1S/C28H29ClN6O4/c1-28(2,3)24-16-25(35(34-24)17-7-6-8-18(13-17)38-5)33-27(37)32-22-10-9-19(14-21(22)29)39-20-11-12-31-23(15-20)26(36)30-4/h6-16H,1-5H3,(H,30,36)(H2,32,33,37). The molecule has 0 bridgehead atoms. The summed E-state index contributed by atoms with van der Waals surface area (Å²) in [7, 11) is 3.12. The molecule has 2 aromatic heterocycles. The minimum Gasteiger partial charge on any atom is -0.497 e. The molecule has 0 saturated heterocycles. The Balaban J connectivity index is 1.51.